The van der Waals surface area contributed by atoms with Gasteiger partial charge in [0.1, 0.15) is 6.10 Å². The molecule has 102 valence electrons. The third kappa shape index (κ3) is 2.76. The van der Waals surface area contributed by atoms with Gasteiger partial charge in [0.25, 0.3) is 0 Å². The van der Waals surface area contributed by atoms with Gasteiger partial charge in [0.2, 0.25) is 5.91 Å². The van der Waals surface area contributed by atoms with E-state index in [2.05, 4.69) is 9.97 Å². The van der Waals surface area contributed by atoms with Crippen molar-refractivity contribution in [1.29, 1.82) is 0 Å². The molecule has 0 bridgehead atoms. The highest BCUT2D eigenvalue weighted by atomic mass is 16.5. The van der Waals surface area contributed by atoms with Crippen LogP contribution >= 0.6 is 0 Å². The van der Waals surface area contributed by atoms with Gasteiger partial charge >= 0.3 is 0 Å². The summed E-state index contributed by atoms with van der Waals surface area (Å²) < 4.78 is 5.71. The third-order valence-corrected chi connectivity index (χ3v) is 4.00. The molecule has 1 atom stereocenters. The van der Waals surface area contributed by atoms with E-state index in [9.17, 15) is 4.79 Å². The second-order valence-electron chi connectivity index (χ2n) is 5.26. The van der Waals surface area contributed by atoms with Crippen LogP contribution in [0.3, 0.4) is 0 Å². The first kappa shape index (κ1) is 12.5. The van der Waals surface area contributed by atoms with Gasteiger partial charge in [-0.15, -0.1) is 0 Å². The molecule has 0 aromatic carbocycles. The van der Waals surface area contributed by atoms with E-state index in [1.165, 1.54) is 12.8 Å². The molecule has 5 nitrogen and oxygen atoms in total. The molecule has 2 fully saturated rings. The predicted octanol–water partition coefficient (Wildman–Crippen LogP) is 1.57. The second-order valence-corrected chi connectivity index (χ2v) is 5.26. The Morgan fingerprint density at radius 2 is 2.16 bits per heavy atom. The van der Waals surface area contributed by atoms with Crippen LogP contribution in [0, 0.1) is 5.92 Å². The molecule has 5 heteroatoms. The smallest absolute Gasteiger partial charge is 0.225 e. The Kier molecular flexibility index (Phi) is 3.73. The molecule has 1 aliphatic heterocycles. The minimum absolute atomic E-state index is 0.132. The Balaban J connectivity index is 1.66. The van der Waals surface area contributed by atoms with E-state index < -0.39 is 0 Å². The maximum Gasteiger partial charge on any atom is 0.225 e. The van der Waals surface area contributed by atoms with Crippen molar-refractivity contribution in [3.05, 3.63) is 24.3 Å². The molecule has 3 rings (SSSR count). The summed E-state index contributed by atoms with van der Waals surface area (Å²) in [4.78, 5) is 22.7. The fraction of sp³-hybridized carbons (Fsp3) is 0.643. The maximum atomic E-state index is 12.4. The fourth-order valence-corrected chi connectivity index (χ4v) is 2.94. The normalized spacial score (nSPS) is 24.6. The van der Waals surface area contributed by atoms with Crippen molar-refractivity contribution in [2.24, 2.45) is 5.92 Å². The SMILES string of the molecule is O=C(C1CCCC1)N1CCO[C@H](c2cnccn2)C1. The molecular weight excluding hydrogens is 242 g/mol. The molecule has 0 spiro atoms. The summed E-state index contributed by atoms with van der Waals surface area (Å²) in [7, 11) is 0. The number of carbonyl (C=O) groups is 1. The van der Waals surface area contributed by atoms with Gasteiger partial charge in [-0.25, -0.2) is 0 Å². The summed E-state index contributed by atoms with van der Waals surface area (Å²) in [5, 5.41) is 0. The van der Waals surface area contributed by atoms with Crippen LogP contribution in [0.25, 0.3) is 0 Å². The highest BCUT2D eigenvalue weighted by molar-refractivity contribution is 5.79. The monoisotopic (exact) mass is 261 g/mol. The first-order chi connectivity index (χ1) is 9.34. The zero-order valence-corrected chi connectivity index (χ0v) is 11.0. The van der Waals surface area contributed by atoms with Gasteiger partial charge in [-0.05, 0) is 12.8 Å². The number of nitrogens with zero attached hydrogens (tertiary/aromatic N) is 3. The number of hydrogen-bond acceptors (Lipinski definition) is 4. The molecule has 1 aliphatic carbocycles. The minimum atomic E-state index is -0.132. The quantitative estimate of drug-likeness (QED) is 0.811. The molecule has 1 saturated carbocycles. The molecular formula is C14H19N3O2. The molecule has 1 saturated heterocycles. The van der Waals surface area contributed by atoms with Crippen LogP contribution in [-0.2, 0) is 9.53 Å². The van der Waals surface area contributed by atoms with Gasteiger partial charge < -0.3 is 9.64 Å². The molecule has 1 amide bonds. The number of ether oxygens (including phenoxy) is 1. The van der Waals surface area contributed by atoms with E-state index in [-0.39, 0.29) is 12.0 Å². The summed E-state index contributed by atoms with van der Waals surface area (Å²) in [6.07, 6.45) is 9.37. The number of amides is 1. The molecule has 19 heavy (non-hydrogen) atoms. The van der Waals surface area contributed by atoms with Gasteiger partial charge in [-0.3, -0.25) is 14.8 Å². The third-order valence-electron chi connectivity index (χ3n) is 4.00. The van der Waals surface area contributed by atoms with Crippen LogP contribution in [0.1, 0.15) is 37.5 Å². The standard InChI is InChI=1S/C14H19N3O2/c18-14(11-3-1-2-4-11)17-7-8-19-13(10-17)12-9-15-5-6-16-12/h5-6,9,11,13H,1-4,7-8,10H2/t13-/m0/s1. The Morgan fingerprint density at radius 1 is 1.32 bits per heavy atom. The predicted molar refractivity (Wildman–Crippen MR) is 69.3 cm³/mol. The van der Waals surface area contributed by atoms with E-state index >= 15 is 0 Å². The zero-order valence-electron chi connectivity index (χ0n) is 11.0. The average Bonchev–Trinajstić information content (AvgIpc) is 3.02. The van der Waals surface area contributed by atoms with Crippen molar-refractivity contribution in [3.63, 3.8) is 0 Å². The van der Waals surface area contributed by atoms with E-state index in [1.807, 2.05) is 4.90 Å². The lowest BCUT2D eigenvalue weighted by Crippen LogP contribution is -2.44. The Hall–Kier alpha value is -1.49. The van der Waals surface area contributed by atoms with Crippen LogP contribution in [0.2, 0.25) is 0 Å². The number of carbonyl (C=O) groups excluding carboxylic acids is 1. The lowest BCUT2D eigenvalue weighted by molar-refractivity contribution is -0.143. The number of hydrogen-bond donors (Lipinski definition) is 0. The van der Waals surface area contributed by atoms with E-state index in [4.69, 9.17) is 4.74 Å². The second kappa shape index (κ2) is 5.65. The molecule has 0 N–H and O–H groups in total. The minimum Gasteiger partial charge on any atom is -0.368 e. The summed E-state index contributed by atoms with van der Waals surface area (Å²) in [5.74, 6) is 0.537. The van der Waals surface area contributed by atoms with E-state index in [0.717, 1.165) is 18.5 Å². The van der Waals surface area contributed by atoms with Crippen LogP contribution in [0.15, 0.2) is 18.6 Å². The Bertz CT molecular complexity index is 432. The maximum absolute atomic E-state index is 12.4. The Labute approximate surface area is 113 Å². The van der Waals surface area contributed by atoms with Gasteiger partial charge in [0, 0.05) is 24.9 Å². The number of morpholine rings is 1. The topological polar surface area (TPSA) is 55.3 Å². The molecule has 0 unspecified atom stereocenters. The van der Waals surface area contributed by atoms with Crippen LogP contribution in [0.5, 0.6) is 0 Å². The highest BCUT2D eigenvalue weighted by Gasteiger charge is 2.31. The summed E-state index contributed by atoms with van der Waals surface area (Å²) in [6.45, 7) is 1.89. The van der Waals surface area contributed by atoms with E-state index in [0.29, 0.717) is 25.6 Å². The molecule has 1 aromatic heterocycles. The van der Waals surface area contributed by atoms with Crippen molar-refractivity contribution in [3.8, 4) is 0 Å². The van der Waals surface area contributed by atoms with Crippen molar-refractivity contribution in [2.75, 3.05) is 19.7 Å². The molecule has 2 aliphatic rings. The Morgan fingerprint density at radius 3 is 2.89 bits per heavy atom. The molecule has 0 radical (unpaired) electrons. The van der Waals surface area contributed by atoms with Crippen LogP contribution < -0.4 is 0 Å². The van der Waals surface area contributed by atoms with Crippen molar-refractivity contribution in [2.45, 2.75) is 31.8 Å². The van der Waals surface area contributed by atoms with Gasteiger partial charge in [0.05, 0.1) is 25.0 Å². The number of aromatic nitrogens is 2. The van der Waals surface area contributed by atoms with Crippen molar-refractivity contribution in [1.82, 2.24) is 14.9 Å². The highest BCUT2D eigenvalue weighted by Crippen LogP contribution is 2.28. The lowest BCUT2D eigenvalue weighted by Gasteiger charge is -2.34. The van der Waals surface area contributed by atoms with Gasteiger partial charge in [-0.1, -0.05) is 12.8 Å². The summed E-state index contributed by atoms with van der Waals surface area (Å²) >= 11 is 0. The lowest BCUT2D eigenvalue weighted by atomic mass is 10.1. The fourth-order valence-electron chi connectivity index (χ4n) is 2.94. The molecule has 2 heterocycles. The number of rotatable bonds is 2. The average molecular weight is 261 g/mol. The summed E-state index contributed by atoms with van der Waals surface area (Å²) in [6, 6.07) is 0. The van der Waals surface area contributed by atoms with E-state index in [1.54, 1.807) is 18.6 Å². The van der Waals surface area contributed by atoms with Crippen LogP contribution in [0.4, 0.5) is 0 Å². The van der Waals surface area contributed by atoms with Crippen molar-refractivity contribution >= 4 is 5.91 Å². The van der Waals surface area contributed by atoms with Gasteiger partial charge in [-0.2, -0.15) is 0 Å². The van der Waals surface area contributed by atoms with Crippen LogP contribution in [-0.4, -0.2) is 40.5 Å². The zero-order chi connectivity index (χ0) is 13.1. The van der Waals surface area contributed by atoms with Gasteiger partial charge in [0.15, 0.2) is 0 Å². The summed E-state index contributed by atoms with van der Waals surface area (Å²) in [5.41, 5.74) is 0.812. The van der Waals surface area contributed by atoms with Crippen molar-refractivity contribution < 1.29 is 9.53 Å². The first-order valence-electron chi connectivity index (χ1n) is 7.01. The first-order valence-corrected chi connectivity index (χ1v) is 7.01. The molecule has 1 aromatic rings. The largest absolute Gasteiger partial charge is 0.368 e.